The number of sulfone groups is 1. The van der Waals surface area contributed by atoms with Crippen molar-refractivity contribution in [2.24, 2.45) is 5.73 Å². The molecule has 4 nitrogen and oxygen atoms in total. The molecule has 0 aromatic heterocycles. The van der Waals surface area contributed by atoms with Gasteiger partial charge < -0.3 is 10.8 Å². The molecule has 1 aromatic rings. The lowest BCUT2D eigenvalue weighted by Crippen LogP contribution is -2.23. The quantitative estimate of drug-likeness (QED) is 0.850. The van der Waals surface area contributed by atoms with E-state index < -0.39 is 27.2 Å². The topological polar surface area (TPSA) is 80.4 Å². The molecule has 3 N–H and O–H groups in total. The van der Waals surface area contributed by atoms with Gasteiger partial charge in [-0.1, -0.05) is 12.1 Å². The maximum absolute atomic E-state index is 11.9. The van der Waals surface area contributed by atoms with E-state index in [1.165, 1.54) is 12.1 Å². The highest BCUT2D eigenvalue weighted by molar-refractivity contribution is 7.92. The first-order valence-corrected chi connectivity index (χ1v) is 7.09. The lowest BCUT2D eigenvalue weighted by Gasteiger charge is -2.15. The summed E-state index contributed by atoms with van der Waals surface area (Å²) in [6.45, 7) is 4.89. The van der Waals surface area contributed by atoms with Crippen LogP contribution >= 0.6 is 0 Å². The third-order valence-electron chi connectivity index (χ3n) is 2.73. The number of benzene rings is 1. The van der Waals surface area contributed by atoms with Gasteiger partial charge in [-0.15, -0.1) is 0 Å². The van der Waals surface area contributed by atoms with Crippen molar-refractivity contribution in [3.63, 3.8) is 0 Å². The first kappa shape index (κ1) is 14.2. The van der Waals surface area contributed by atoms with Crippen molar-refractivity contribution in [3.8, 4) is 0 Å². The summed E-state index contributed by atoms with van der Waals surface area (Å²) < 4.78 is 23.7. The molecule has 0 heterocycles. The van der Waals surface area contributed by atoms with E-state index in [0.29, 0.717) is 0 Å². The smallest absolute Gasteiger partial charge is 0.180 e. The van der Waals surface area contributed by atoms with Crippen LogP contribution in [0.2, 0.25) is 0 Å². The monoisotopic (exact) mass is 257 g/mol. The Balaban J connectivity index is 3.05. The van der Waals surface area contributed by atoms with Crippen LogP contribution in [0.15, 0.2) is 29.2 Å². The number of aliphatic hydroxyl groups is 1. The minimum atomic E-state index is -3.24. The Morgan fingerprint density at radius 3 is 1.94 bits per heavy atom. The average molecular weight is 257 g/mol. The minimum absolute atomic E-state index is 0.286. The fourth-order valence-corrected chi connectivity index (χ4v) is 2.49. The van der Waals surface area contributed by atoms with E-state index in [0.717, 1.165) is 5.56 Å². The molecule has 2 unspecified atom stereocenters. The number of nitrogens with two attached hydrogens (primary N) is 1. The van der Waals surface area contributed by atoms with Gasteiger partial charge in [-0.2, -0.15) is 0 Å². The average Bonchev–Trinajstić information content (AvgIpc) is 2.27. The standard InChI is InChI=1S/C12H19NO3S/c1-8(2)17(15,16)11-6-4-10(5-7-11)12(13)9(3)14/h4-9,12,14H,13H2,1-3H3. The second kappa shape index (κ2) is 5.16. The Hall–Kier alpha value is -0.910. The van der Waals surface area contributed by atoms with Crippen molar-refractivity contribution < 1.29 is 13.5 Å². The van der Waals surface area contributed by atoms with Crippen LogP contribution in [0.25, 0.3) is 0 Å². The fraction of sp³-hybridized carbons (Fsp3) is 0.500. The zero-order valence-electron chi connectivity index (χ0n) is 10.3. The summed E-state index contributed by atoms with van der Waals surface area (Å²) in [4.78, 5) is 0.286. The fourth-order valence-electron chi connectivity index (χ4n) is 1.43. The molecule has 0 aliphatic heterocycles. The van der Waals surface area contributed by atoms with E-state index in [1.54, 1.807) is 32.9 Å². The van der Waals surface area contributed by atoms with E-state index in [2.05, 4.69) is 0 Å². The lowest BCUT2D eigenvalue weighted by molar-refractivity contribution is 0.164. The number of rotatable bonds is 4. The largest absolute Gasteiger partial charge is 0.391 e. The molecular formula is C12H19NO3S. The molecule has 0 aliphatic carbocycles. The highest BCUT2D eigenvalue weighted by atomic mass is 32.2. The van der Waals surface area contributed by atoms with Crippen molar-refractivity contribution in [1.82, 2.24) is 0 Å². The van der Waals surface area contributed by atoms with Crippen molar-refractivity contribution in [1.29, 1.82) is 0 Å². The lowest BCUT2D eigenvalue weighted by atomic mass is 10.0. The first-order chi connectivity index (χ1) is 7.76. The molecule has 0 amide bonds. The minimum Gasteiger partial charge on any atom is -0.391 e. The van der Waals surface area contributed by atoms with E-state index in [4.69, 9.17) is 5.73 Å². The van der Waals surface area contributed by atoms with Gasteiger partial charge in [0.2, 0.25) is 0 Å². The van der Waals surface area contributed by atoms with Crippen LogP contribution in [0.1, 0.15) is 32.4 Å². The summed E-state index contributed by atoms with van der Waals surface area (Å²) >= 11 is 0. The Morgan fingerprint density at radius 1 is 1.12 bits per heavy atom. The zero-order chi connectivity index (χ0) is 13.2. The molecule has 0 saturated carbocycles. The highest BCUT2D eigenvalue weighted by Gasteiger charge is 2.19. The Morgan fingerprint density at radius 2 is 1.59 bits per heavy atom. The second-order valence-corrected chi connectivity index (χ2v) is 6.93. The Bertz CT molecular complexity index is 463. The predicted molar refractivity (Wildman–Crippen MR) is 67.4 cm³/mol. The van der Waals surface area contributed by atoms with E-state index >= 15 is 0 Å². The van der Waals surface area contributed by atoms with Crippen LogP contribution in [-0.4, -0.2) is 24.9 Å². The van der Waals surface area contributed by atoms with Gasteiger partial charge in [0, 0.05) is 0 Å². The Kier molecular flexibility index (Phi) is 4.30. The van der Waals surface area contributed by atoms with Crippen molar-refractivity contribution in [2.75, 3.05) is 0 Å². The second-order valence-electron chi connectivity index (χ2n) is 4.43. The van der Waals surface area contributed by atoms with Gasteiger partial charge in [0.15, 0.2) is 9.84 Å². The third-order valence-corrected chi connectivity index (χ3v) is 4.90. The molecule has 0 aliphatic rings. The maximum Gasteiger partial charge on any atom is 0.180 e. The molecule has 5 heteroatoms. The van der Waals surface area contributed by atoms with Crippen molar-refractivity contribution in [3.05, 3.63) is 29.8 Å². The van der Waals surface area contributed by atoms with Gasteiger partial charge in [-0.25, -0.2) is 8.42 Å². The van der Waals surface area contributed by atoms with Crippen LogP contribution in [0.4, 0.5) is 0 Å². The normalized spacial score (nSPS) is 15.9. The Labute approximate surface area is 102 Å². The molecule has 1 aromatic carbocycles. The summed E-state index contributed by atoms with van der Waals surface area (Å²) in [5.41, 5.74) is 6.48. The molecule has 0 spiro atoms. The van der Waals surface area contributed by atoms with Gasteiger partial charge in [0.25, 0.3) is 0 Å². The first-order valence-electron chi connectivity index (χ1n) is 5.54. The molecule has 0 fully saturated rings. The van der Waals surface area contributed by atoms with Gasteiger partial charge in [-0.3, -0.25) is 0 Å². The van der Waals surface area contributed by atoms with E-state index in [1.807, 2.05) is 0 Å². The number of aliphatic hydroxyl groups excluding tert-OH is 1. The van der Waals surface area contributed by atoms with Crippen molar-refractivity contribution in [2.45, 2.75) is 43.1 Å². The van der Waals surface area contributed by atoms with Gasteiger partial charge >= 0.3 is 0 Å². The van der Waals surface area contributed by atoms with Crippen LogP contribution in [0, 0.1) is 0 Å². The number of hydrogen-bond acceptors (Lipinski definition) is 4. The van der Waals surface area contributed by atoms with Crippen LogP contribution in [0.5, 0.6) is 0 Å². The summed E-state index contributed by atoms with van der Waals surface area (Å²) in [5.74, 6) is 0. The molecule has 2 atom stereocenters. The van der Waals surface area contributed by atoms with Gasteiger partial charge in [0.05, 0.1) is 22.3 Å². The summed E-state index contributed by atoms with van der Waals surface area (Å²) in [5, 5.41) is 8.90. The van der Waals surface area contributed by atoms with E-state index in [-0.39, 0.29) is 4.90 Å². The summed E-state index contributed by atoms with van der Waals surface area (Å²) in [6.07, 6.45) is -0.664. The van der Waals surface area contributed by atoms with Crippen LogP contribution in [0.3, 0.4) is 0 Å². The SMILES string of the molecule is CC(O)C(N)c1ccc(S(=O)(=O)C(C)C)cc1. The molecular weight excluding hydrogens is 238 g/mol. The third kappa shape index (κ3) is 3.06. The highest BCUT2D eigenvalue weighted by Crippen LogP contribution is 2.20. The maximum atomic E-state index is 11.9. The van der Waals surface area contributed by atoms with Crippen LogP contribution < -0.4 is 5.73 Å². The van der Waals surface area contributed by atoms with Gasteiger partial charge in [-0.05, 0) is 38.5 Å². The molecule has 96 valence electrons. The van der Waals surface area contributed by atoms with Crippen molar-refractivity contribution >= 4 is 9.84 Å². The molecule has 0 radical (unpaired) electrons. The molecule has 1 rings (SSSR count). The van der Waals surface area contributed by atoms with E-state index in [9.17, 15) is 13.5 Å². The summed E-state index contributed by atoms with van der Waals surface area (Å²) in [6, 6.07) is 5.87. The predicted octanol–water partition coefficient (Wildman–Crippen LogP) is 1.25. The number of hydrogen-bond donors (Lipinski definition) is 2. The molecule has 0 saturated heterocycles. The molecule has 17 heavy (non-hydrogen) atoms. The van der Waals surface area contributed by atoms with Crippen LogP contribution in [-0.2, 0) is 9.84 Å². The molecule has 0 bridgehead atoms. The summed E-state index contributed by atoms with van der Waals surface area (Å²) in [7, 11) is -3.24. The van der Waals surface area contributed by atoms with Gasteiger partial charge in [0.1, 0.15) is 0 Å². The zero-order valence-corrected chi connectivity index (χ0v) is 11.1.